The molecule has 1 heterocycles. The quantitative estimate of drug-likeness (QED) is 0.225. The SMILES string of the molecule is CCCc1cc(Oc2ccccc2)ccc1OCCCOc1ccc(-c2cscn2)cc1. The molecular weight excluding hydrogens is 418 g/mol. The second-order valence-corrected chi connectivity index (χ2v) is 8.10. The minimum atomic E-state index is 0.604. The highest BCUT2D eigenvalue weighted by Crippen LogP contribution is 2.29. The number of rotatable bonds is 11. The molecule has 0 spiro atoms. The lowest BCUT2D eigenvalue weighted by molar-refractivity contribution is 0.246. The minimum Gasteiger partial charge on any atom is -0.493 e. The summed E-state index contributed by atoms with van der Waals surface area (Å²) in [4.78, 5) is 4.33. The Balaban J connectivity index is 1.26. The van der Waals surface area contributed by atoms with E-state index in [-0.39, 0.29) is 0 Å². The molecule has 0 N–H and O–H groups in total. The van der Waals surface area contributed by atoms with E-state index in [1.165, 1.54) is 5.56 Å². The number of nitrogens with zero attached hydrogens (tertiary/aromatic N) is 1. The van der Waals surface area contributed by atoms with Crippen LogP contribution in [0.1, 0.15) is 25.3 Å². The van der Waals surface area contributed by atoms with E-state index >= 15 is 0 Å². The number of benzene rings is 3. The molecule has 0 aliphatic heterocycles. The smallest absolute Gasteiger partial charge is 0.127 e. The Kier molecular flexibility index (Phi) is 7.77. The lowest BCUT2D eigenvalue weighted by Gasteiger charge is -2.14. The Morgan fingerprint density at radius 2 is 1.59 bits per heavy atom. The van der Waals surface area contributed by atoms with Crippen molar-refractivity contribution in [2.24, 2.45) is 0 Å². The van der Waals surface area contributed by atoms with Gasteiger partial charge in [-0.25, -0.2) is 4.98 Å². The van der Waals surface area contributed by atoms with E-state index < -0.39 is 0 Å². The van der Waals surface area contributed by atoms with Gasteiger partial charge in [0, 0.05) is 17.4 Å². The fourth-order valence-corrected chi connectivity index (χ4v) is 3.92. The number of ether oxygens (including phenoxy) is 3. The van der Waals surface area contributed by atoms with Crippen LogP contribution in [-0.4, -0.2) is 18.2 Å². The Morgan fingerprint density at radius 1 is 0.812 bits per heavy atom. The van der Waals surface area contributed by atoms with Crippen molar-refractivity contribution in [1.82, 2.24) is 4.98 Å². The maximum atomic E-state index is 6.06. The molecular formula is C27H27NO3S. The average molecular weight is 446 g/mol. The third-order valence-electron chi connectivity index (χ3n) is 4.93. The molecule has 0 aliphatic carbocycles. The number of aryl methyl sites for hydroxylation is 1. The van der Waals surface area contributed by atoms with Crippen molar-refractivity contribution in [3.63, 3.8) is 0 Å². The van der Waals surface area contributed by atoms with Crippen molar-refractivity contribution in [3.05, 3.63) is 89.3 Å². The highest BCUT2D eigenvalue weighted by atomic mass is 32.1. The lowest BCUT2D eigenvalue weighted by atomic mass is 10.1. The van der Waals surface area contributed by atoms with Gasteiger partial charge < -0.3 is 14.2 Å². The number of aromatic nitrogens is 1. The summed E-state index contributed by atoms with van der Waals surface area (Å²) in [6.45, 7) is 3.38. The molecule has 0 atom stereocenters. The highest BCUT2D eigenvalue weighted by Gasteiger charge is 2.07. The van der Waals surface area contributed by atoms with Crippen molar-refractivity contribution in [3.8, 4) is 34.3 Å². The van der Waals surface area contributed by atoms with Crippen molar-refractivity contribution in [2.45, 2.75) is 26.2 Å². The van der Waals surface area contributed by atoms with E-state index in [1.54, 1.807) is 11.3 Å². The zero-order valence-electron chi connectivity index (χ0n) is 18.2. The monoisotopic (exact) mass is 445 g/mol. The Labute approximate surface area is 193 Å². The molecule has 0 saturated heterocycles. The minimum absolute atomic E-state index is 0.604. The molecule has 0 radical (unpaired) electrons. The first-order valence-corrected chi connectivity index (χ1v) is 11.9. The van der Waals surface area contributed by atoms with Gasteiger partial charge in [0.2, 0.25) is 0 Å². The normalized spacial score (nSPS) is 10.7. The molecule has 4 nitrogen and oxygen atoms in total. The van der Waals surface area contributed by atoms with Crippen LogP contribution in [0.4, 0.5) is 0 Å². The molecule has 5 heteroatoms. The number of thiazole rings is 1. The highest BCUT2D eigenvalue weighted by molar-refractivity contribution is 7.07. The van der Waals surface area contributed by atoms with Gasteiger partial charge in [0.25, 0.3) is 0 Å². The van der Waals surface area contributed by atoms with Gasteiger partial charge in [0.1, 0.15) is 23.0 Å². The van der Waals surface area contributed by atoms with Gasteiger partial charge in [-0.15, -0.1) is 11.3 Å². The first-order valence-electron chi connectivity index (χ1n) is 10.9. The zero-order chi connectivity index (χ0) is 22.0. The fourth-order valence-electron chi connectivity index (χ4n) is 3.36. The van der Waals surface area contributed by atoms with Gasteiger partial charge in [0.05, 0.1) is 24.4 Å². The van der Waals surface area contributed by atoms with Crippen LogP contribution in [0.3, 0.4) is 0 Å². The van der Waals surface area contributed by atoms with Crippen LogP contribution in [0.5, 0.6) is 23.0 Å². The van der Waals surface area contributed by atoms with Crippen molar-refractivity contribution < 1.29 is 14.2 Å². The van der Waals surface area contributed by atoms with Crippen LogP contribution < -0.4 is 14.2 Å². The third-order valence-corrected chi connectivity index (χ3v) is 5.51. The summed E-state index contributed by atoms with van der Waals surface area (Å²) in [6.07, 6.45) is 2.80. The summed E-state index contributed by atoms with van der Waals surface area (Å²) < 4.78 is 17.9. The van der Waals surface area contributed by atoms with Crippen LogP contribution in [0, 0.1) is 0 Å². The number of hydrogen-bond donors (Lipinski definition) is 0. The van der Waals surface area contributed by atoms with Gasteiger partial charge in [-0.05, 0) is 66.6 Å². The zero-order valence-corrected chi connectivity index (χ0v) is 19.0. The standard InChI is InChI=1S/C27H27NO3S/c1-2-7-22-18-25(31-24-8-4-3-5-9-24)14-15-27(22)30-17-6-16-29-23-12-10-21(11-13-23)26-19-32-20-28-26/h3-5,8-15,18-20H,2,6-7,16-17H2,1H3. The molecule has 0 bridgehead atoms. The van der Waals surface area contributed by atoms with Crippen LogP contribution in [0.15, 0.2) is 83.7 Å². The molecule has 0 unspecified atom stereocenters. The van der Waals surface area contributed by atoms with Crippen molar-refractivity contribution in [2.75, 3.05) is 13.2 Å². The average Bonchev–Trinajstić information content (AvgIpc) is 3.36. The van der Waals surface area contributed by atoms with Gasteiger partial charge in [-0.3, -0.25) is 0 Å². The summed E-state index contributed by atoms with van der Waals surface area (Å²) in [7, 11) is 0. The van der Waals surface area contributed by atoms with Crippen molar-refractivity contribution in [1.29, 1.82) is 0 Å². The molecule has 4 aromatic rings. The summed E-state index contributed by atoms with van der Waals surface area (Å²) >= 11 is 1.60. The summed E-state index contributed by atoms with van der Waals surface area (Å²) in [5.41, 5.74) is 5.11. The lowest BCUT2D eigenvalue weighted by Crippen LogP contribution is -2.06. The Bertz CT molecular complexity index is 1080. The summed E-state index contributed by atoms with van der Waals surface area (Å²) in [5.74, 6) is 3.44. The van der Waals surface area contributed by atoms with E-state index in [0.29, 0.717) is 13.2 Å². The summed E-state index contributed by atoms with van der Waals surface area (Å²) in [5, 5.41) is 2.04. The largest absolute Gasteiger partial charge is 0.493 e. The second kappa shape index (κ2) is 11.3. The molecule has 4 rings (SSSR count). The van der Waals surface area contributed by atoms with E-state index in [1.807, 2.05) is 77.6 Å². The van der Waals surface area contributed by atoms with Crippen LogP contribution in [0.2, 0.25) is 0 Å². The van der Waals surface area contributed by atoms with E-state index in [4.69, 9.17) is 14.2 Å². The van der Waals surface area contributed by atoms with E-state index in [9.17, 15) is 0 Å². The Hall–Kier alpha value is -3.31. The van der Waals surface area contributed by atoms with Crippen LogP contribution in [0.25, 0.3) is 11.3 Å². The van der Waals surface area contributed by atoms with Gasteiger partial charge in [-0.1, -0.05) is 31.5 Å². The number of para-hydroxylation sites is 1. The van der Waals surface area contributed by atoms with Crippen LogP contribution in [-0.2, 0) is 6.42 Å². The molecule has 164 valence electrons. The van der Waals surface area contributed by atoms with E-state index in [0.717, 1.165) is 53.5 Å². The second-order valence-electron chi connectivity index (χ2n) is 7.38. The molecule has 0 saturated carbocycles. The van der Waals surface area contributed by atoms with Gasteiger partial charge >= 0.3 is 0 Å². The Morgan fingerprint density at radius 3 is 2.34 bits per heavy atom. The first-order chi connectivity index (χ1) is 15.8. The predicted molar refractivity (Wildman–Crippen MR) is 130 cm³/mol. The topological polar surface area (TPSA) is 40.6 Å². The predicted octanol–water partition coefficient (Wildman–Crippen LogP) is 7.40. The van der Waals surface area contributed by atoms with E-state index in [2.05, 4.69) is 18.0 Å². The fraction of sp³-hybridized carbons (Fsp3) is 0.222. The molecule has 0 aliphatic rings. The van der Waals surface area contributed by atoms with Crippen molar-refractivity contribution >= 4 is 11.3 Å². The molecule has 0 amide bonds. The maximum absolute atomic E-state index is 6.06. The molecule has 3 aromatic carbocycles. The maximum Gasteiger partial charge on any atom is 0.127 e. The third kappa shape index (κ3) is 6.11. The molecule has 32 heavy (non-hydrogen) atoms. The summed E-state index contributed by atoms with van der Waals surface area (Å²) in [6, 6.07) is 23.9. The molecule has 0 fully saturated rings. The first kappa shape index (κ1) is 21.9. The van der Waals surface area contributed by atoms with Crippen LogP contribution >= 0.6 is 11.3 Å². The number of hydrogen-bond acceptors (Lipinski definition) is 5. The van der Waals surface area contributed by atoms with Gasteiger partial charge in [-0.2, -0.15) is 0 Å². The van der Waals surface area contributed by atoms with Gasteiger partial charge in [0.15, 0.2) is 0 Å². The molecule has 1 aromatic heterocycles.